The van der Waals surface area contributed by atoms with Gasteiger partial charge < -0.3 is 15.1 Å². The number of hydrogen-bond acceptors (Lipinski definition) is 5. The van der Waals surface area contributed by atoms with E-state index in [-0.39, 0.29) is 18.4 Å². The Morgan fingerprint density at radius 3 is 2.10 bits per heavy atom. The molecule has 1 fully saturated rings. The molecule has 0 aliphatic carbocycles. The fourth-order valence-corrected chi connectivity index (χ4v) is 3.42. The van der Waals surface area contributed by atoms with E-state index >= 15 is 0 Å². The lowest BCUT2D eigenvalue weighted by atomic mass is 10.0. The summed E-state index contributed by atoms with van der Waals surface area (Å²) in [4.78, 5) is 37.2. The van der Waals surface area contributed by atoms with Crippen LogP contribution in [0.15, 0.2) is 73.1 Å². The number of rotatable bonds is 5. The Bertz CT molecular complexity index is 985. The molecule has 2 aromatic carbocycles. The lowest BCUT2D eigenvalue weighted by Gasteiger charge is -2.34. The predicted molar refractivity (Wildman–Crippen MR) is 115 cm³/mol. The van der Waals surface area contributed by atoms with Crippen LogP contribution in [0.1, 0.15) is 10.4 Å². The van der Waals surface area contributed by atoms with Crippen LogP contribution >= 0.6 is 0 Å². The summed E-state index contributed by atoms with van der Waals surface area (Å²) >= 11 is 0. The Morgan fingerprint density at radius 1 is 0.800 bits per heavy atom. The van der Waals surface area contributed by atoms with Gasteiger partial charge >= 0.3 is 0 Å². The first-order valence-corrected chi connectivity index (χ1v) is 9.94. The number of aromatic nitrogens is 2. The highest BCUT2D eigenvalue weighted by Gasteiger charge is 2.22. The Hall–Kier alpha value is -3.74. The Labute approximate surface area is 175 Å². The number of amides is 2. The molecular formula is C23H23N5O2. The lowest BCUT2D eigenvalue weighted by Crippen LogP contribution is -2.51. The summed E-state index contributed by atoms with van der Waals surface area (Å²) in [5.74, 6) is 0.342. The van der Waals surface area contributed by atoms with Gasteiger partial charge in [0.15, 0.2) is 0 Å². The maximum Gasteiger partial charge on any atom is 0.251 e. The molecule has 0 saturated carbocycles. The van der Waals surface area contributed by atoms with E-state index in [1.807, 2.05) is 42.5 Å². The first kappa shape index (κ1) is 19.6. The van der Waals surface area contributed by atoms with Gasteiger partial charge in [-0.1, -0.05) is 42.5 Å². The van der Waals surface area contributed by atoms with Crippen molar-refractivity contribution in [2.24, 2.45) is 0 Å². The van der Waals surface area contributed by atoms with Crippen LogP contribution in [-0.4, -0.2) is 59.4 Å². The van der Waals surface area contributed by atoms with Crippen LogP contribution < -0.4 is 10.2 Å². The van der Waals surface area contributed by atoms with Crippen molar-refractivity contribution in [1.29, 1.82) is 0 Å². The van der Waals surface area contributed by atoms with E-state index in [1.165, 1.54) is 0 Å². The fourth-order valence-electron chi connectivity index (χ4n) is 3.42. The Balaban J connectivity index is 1.26. The van der Waals surface area contributed by atoms with E-state index in [4.69, 9.17) is 0 Å². The summed E-state index contributed by atoms with van der Waals surface area (Å²) in [6, 6.07) is 19.1. The quantitative estimate of drug-likeness (QED) is 0.709. The fraction of sp³-hybridized carbons (Fsp3) is 0.217. The first-order chi connectivity index (χ1) is 14.7. The summed E-state index contributed by atoms with van der Waals surface area (Å²) in [6.07, 6.45) is 3.42. The van der Waals surface area contributed by atoms with Gasteiger partial charge in [0.25, 0.3) is 5.91 Å². The van der Waals surface area contributed by atoms with Crippen LogP contribution in [0, 0.1) is 0 Å². The van der Waals surface area contributed by atoms with E-state index in [0.717, 1.165) is 11.1 Å². The van der Waals surface area contributed by atoms with Gasteiger partial charge in [-0.2, -0.15) is 0 Å². The van der Waals surface area contributed by atoms with Gasteiger partial charge in [-0.3, -0.25) is 9.59 Å². The van der Waals surface area contributed by atoms with Gasteiger partial charge in [-0.05, 0) is 29.3 Å². The third-order valence-electron chi connectivity index (χ3n) is 5.12. The van der Waals surface area contributed by atoms with Crippen molar-refractivity contribution in [2.75, 3.05) is 37.6 Å². The second-order valence-electron chi connectivity index (χ2n) is 7.04. The zero-order valence-corrected chi connectivity index (χ0v) is 16.6. The molecule has 7 heteroatoms. The molecule has 4 rings (SSSR count). The summed E-state index contributed by atoms with van der Waals surface area (Å²) in [6.45, 7) is 2.49. The molecule has 0 unspecified atom stereocenters. The standard InChI is InChI=1S/C23H23N5O2/c29-21(27-13-15-28(16-14-27)23-24-11-4-12-25-23)17-26-22(30)20-9-7-19(8-10-20)18-5-2-1-3-6-18/h1-12H,13-17H2,(H,26,30). The van der Waals surface area contributed by atoms with Gasteiger partial charge in [-0.25, -0.2) is 9.97 Å². The van der Waals surface area contributed by atoms with Gasteiger partial charge in [0, 0.05) is 44.1 Å². The van der Waals surface area contributed by atoms with E-state index in [0.29, 0.717) is 37.7 Å². The number of carbonyl (C=O) groups is 2. The zero-order valence-electron chi connectivity index (χ0n) is 16.6. The molecule has 1 aliphatic rings. The van der Waals surface area contributed by atoms with E-state index in [1.54, 1.807) is 35.5 Å². The smallest absolute Gasteiger partial charge is 0.251 e. The molecule has 1 N–H and O–H groups in total. The van der Waals surface area contributed by atoms with E-state index < -0.39 is 0 Å². The van der Waals surface area contributed by atoms with Crippen molar-refractivity contribution < 1.29 is 9.59 Å². The van der Waals surface area contributed by atoms with Crippen molar-refractivity contribution in [2.45, 2.75) is 0 Å². The topological polar surface area (TPSA) is 78.4 Å². The van der Waals surface area contributed by atoms with Crippen LogP contribution in [0.2, 0.25) is 0 Å². The Morgan fingerprint density at radius 2 is 1.43 bits per heavy atom. The van der Waals surface area contributed by atoms with Crippen molar-refractivity contribution in [3.05, 3.63) is 78.6 Å². The predicted octanol–water partition coefficient (Wildman–Crippen LogP) is 2.22. The van der Waals surface area contributed by atoms with Crippen molar-refractivity contribution >= 4 is 17.8 Å². The van der Waals surface area contributed by atoms with E-state index in [9.17, 15) is 9.59 Å². The SMILES string of the molecule is O=C(NCC(=O)N1CCN(c2ncccn2)CC1)c1ccc(-c2ccccc2)cc1. The molecule has 30 heavy (non-hydrogen) atoms. The third-order valence-corrected chi connectivity index (χ3v) is 5.12. The minimum Gasteiger partial charge on any atom is -0.343 e. The molecular weight excluding hydrogens is 378 g/mol. The van der Waals surface area contributed by atoms with Crippen LogP contribution in [-0.2, 0) is 4.79 Å². The molecule has 0 atom stereocenters. The van der Waals surface area contributed by atoms with Gasteiger partial charge in [0.2, 0.25) is 11.9 Å². The second kappa shape index (κ2) is 9.17. The van der Waals surface area contributed by atoms with Gasteiger partial charge in [0.1, 0.15) is 0 Å². The van der Waals surface area contributed by atoms with E-state index in [2.05, 4.69) is 20.2 Å². The second-order valence-corrected chi connectivity index (χ2v) is 7.04. The van der Waals surface area contributed by atoms with Crippen LogP contribution in [0.5, 0.6) is 0 Å². The summed E-state index contributed by atoms with van der Waals surface area (Å²) < 4.78 is 0. The maximum absolute atomic E-state index is 12.5. The average molecular weight is 401 g/mol. The molecule has 1 saturated heterocycles. The normalized spacial score (nSPS) is 13.7. The molecule has 0 bridgehead atoms. The molecule has 152 valence electrons. The third kappa shape index (κ3) is 4.63. The summed E-state index contributed by atoms with van der Waals surface area (Å²) in [7, 11) is 0. The van der Waals surface area contributed by atoms with Gasteiger partial charge in [-0.15, -0.1) is 0 Å². The van der Waals surface area contributed by atoms with Crippen molar-refractivity contribution in [3.63, 3.8) is 0 Å². The molecule has 7 nitrogen and oxygen atoms in total. The minimum atomic E-state index is -0.251. The molecule has 1 aliphatic heterocycles. The maximum atomic E-state index is 12.5. The number of carbonyl (C=O) groups excluding carboxylic acids is 2. The molecule has 2 amide bonds. The lowest BCUT2D eigenvalue weighted by molar-refractivity contribution is -0.130. The van der Waals surface area contributed by atoms with Gasteiger partial charge in [0.05, 0.1) is 6.54 Å². The van der Waals surface area contributed by atoms with Crippen LogP contribution in [0.4, 0.5) is 5.95 Å². The number of nitrogens with one attached hydrogen (secondary N) is 1. The first-order valence-electron chi connectivity index (χ1n) is 9.94. The summed E-state index contributed by atoms with van der Waals surface area (Å²) in [5.41, 5.74) is 2.68. The highest BCUT2D eigenvalue weighted by atomic mass is 16.2. The van der Waals surface area contributed by atoms with Crippen LogP contribution in [0.3, 0.4) is 0 Å². The average Bonchev–Trinajstić information content (AvgIpc) is 2.83. The highest BCUT2D eigenvalue weighted by Crippen LogP contribution is 2.19. The number of hydrogen-bond donors (Lipinski definition) is 1. The number of piperazine rings is 1. The van der Waals surface area contributed by atoms with Crippen LogP contribution in [0.25, 0.3) is 11.1 Å². The molecule has 1 aromatic heterocycles. The highest BCUT2D eigenvalue weighted by molar-refractivity contribution is 5.96. The number of anilines is 1. The minimum absolute atomic E-state index is 0.0128. The zero-order chi connectivity index (χ0) is 20.8. The molecule has 0 radical (unpaired) electrons. The van der Waals surface area contributed by atoms with Crippen molar-refractivity contribution in [1.82, 2.24) is 20.2 Å². The monoisotopic (exact) mass is 401 g/mol. The number of benzene rings is 2. The Kier molecular flexibility index (Phi) is 5.98. The largest absolute Gasteiger partial charge is 0.343 e. The van der Waals surface area contributed by atoms with Crippen molar-refractivity contribution in [3.8, 4) is 11.1 Å². The molecule has 2 heterocycles. The number of nitrogens with zero attached hydrogens (tertiary/aromatic N) is 4. The summed E-state index contributed by atoms with van der Waals surface area (Å²) in [5, 5.41) is 2.73. The molecule has 3 aromatic rings. The molecule has 0 spiro atoms.